The number of anilines is 1. The number of aromatic nitrogens is 1. The predicted octanol–water partition coefficient (Wildman–Crippen LogP) is 3.62. The number of hydrogen-bond acceptors (Lipinski definition) is 7. The number of carbonyl (C=O) groups is 2. The zero-order valence-corrected chi connectivity index (χ0v) is 18.7. The van der Waals surface area contributed by atoms with Gasteiger partial charge in [-0.05, 0) is 30.5 Å². The molecule has 0 saturated heterocycles. The molecule has 1 unspecified atom stereocenters. The fraction of sp³-hybridized carbons (Fsp3) is 0.318. The summed E-state index contributed by atoms with van der Waals surface area (Å²) < 4.78 is 11.7. The van der Waals surface area contributed by atoms with E-state index in [9.17, 15) is 9.59 Å². The second-order valence-electron chi connectivity index (χ2n) is 7.06. The molecule has 1 aromatic carbocycles. The summed E-state index contributed by atoms with van der Waals surface area (Å²) in [4.78, 5) is 32.1. The topological polar surface area (TPSA) is 80.8 Å². The summed E-state index contributed by atoms with van der Waals surface area (Å²) in [5, 5.41) is 7.06. The number of amides is 2. The van der Waals surface area contributed by atoms with Crippen molar-refractivity contribution < 1.29 is 19.1 Å². The highest BCUT2D eigenvalue weighted by molar-refractivity contribution is 7.14. The third kappa shape index (κ3) is 5.62. The van der Waals surface area contributed by atoms with Crippen molar-refractivity contribution in [2.24, 2.45) is 0 Å². The van der Waals surface area contributed by atoms with Gasteiger partial charge in [0.15, 0.2) is 22.7 Å². The average Bonchev–Trinajstić information content (AvgIpc) is 3.43. The van der Waals surface area contributed by atoms with Crippen molar-refractivity contribution >= 4 is 39.6 Å². The van der Waals surface area contributed by atoms with Crippen molar-refractivity contribution in [2.45, 2.75) is 25.9 Å². The van der Waals surface area contributed by atoms with Gasteiger partial charge in [-0.1, -0.05) is 18.2 Å². The molecule has 9 heteroatoms. The number of benzene rings is 1. The molecule has 0 spiro atoms. The SMILES string of the molecule is CCN(CC1COc2ccccc2O1)C(=O)Cc1csc(NC(=O)Cc2cccs2)n1. The van der Waals surface area contributed by atoms with E-state index >= 15 is 0 Å². The number of nitrogens with zero attached hydrogens (tertiary/aromatic N) is 2. The second-order valence-corrected chi connectivity index (χ2v) is 8.95. The Hall–Kier alpha value is -2.91. The van der Waals surface area contributed by atoms with Crippen LogP contribution in [0.2, 0.25) is 0 Å². The molecule has 1 N–H and O–H groups in total. The third-order valence-corrected chi connectivity index (χ3v) is 6.45. The summed E-state index contributed by atoms with van der Waals surface area (Å²) >= 11 is 2.87. The van der Waals surface area contributed by atoms with Gasteiger partial charge in [0.25, 0.3) is 0 Å². The Kier molecular flexibility index (Phi) is 6.83. The van der Waals surface area contributed by atoms with Crippen LogP contribution >= 0.6 is 22.7 Å². The summed E-state index contributed by atoms with van der Waals surface area (Å²) in [6.07, 6.45) is 0.276. The number of para-hydroxylation sites is 2. The zero-order valence-electron chi connectivity index (χ0n) is 17.1. The lowest BCUT2D eigenvalue weighted by atomic mass is 10.2. The molecule has 162 valence electrons. The molecule has 4 rings (SSSR count). The first-order chi connectivity index (χ1) is 15.1. The number of thiophene rings is 1. The monoisotopic (exact) mass is 457 g/mol. The fourth-order valence-electron chi connectivity index (χ4n) is 3.25. The Balaban J connectivity index is 1.29. The standard InChI is InChI=1S/C22H23N3O4S2/c1-2-25(12-16-13-28-18-7-3-4-8-19(18)29-16)21(27)10-15-14-31-22(23-15)24-20(26)11-17-6-5-9-30-17/h3-9,14,16H,2,10-13H2,1H3,(H,23,24,26). The molecule has 3 aromatic rings. The third-order valence-electron chi connectivity index (χ3n) is 4.77. The highest BCUT2D eigenvalue weighted by atomic mass is 32.1. The van der Waals surface area contributed by atoms with E-state index in [2.05, 4.69) is 10.3 Å². The van der Waals surface area contributed by atoms with Gasteiger partial charge in [-0.15, -0.1) is 22.7 Å². The van der Waals surface area contributed by atoms with Crippen molar-refractivity contribution in [3.8, 4) is 11.5 Å². The van der Waals surface area contributed by atoms with Gasteiger partial charge in [-0.3, -0.25) is 9.59 Å². The van der Waals surface area contributed by atoms with Gasteiger partial charge in [0.2, 0.25) is 11.8 Å². The highest BCUT2D eigenvalue weighted by Crippen LogP contribution is 2.31. The number of rotatable bonds is 8. The van der Waals surface area contributed by atoms with E-state index in [1.165, 1.54) is 11.3 Å². The highest BCUT2D eigenvalue weighted by Gasteiger charge is 2.25. The van der Waals surface area contributed by atoms with Crippen LogP contribution in [0.15, 0.2) is 47.2 Å². The second kappa shape index (κ2) is 9.93. The Bertz CT molecular complexity index is 1040. The molecule has 2 aromatic heterocycles. The van der Waals surface area contributed by atoms with Gasteiger partial charge >= 0.3 is 0 Å². The average molecular weight is 458 g/mol. The van der Waals surface area contributed by atoms with Crippen LogP contribution < -0.4 is 14.8 Å². The first kappa shape index (κ1) is 21.3. The van der Waals surface area contributed by atoms with E-state index in [1.54, 1.807) is 16.2 Å². The summed E-state index contributed by atoms with van der Waals surface area (Å²) in [6, 6.07) is 11.4. The van der Waals surface area contributed by atoms with Crippen molar-refractivity contribution in [1.82, 2.24) is 9.88 Å². The summed E-state index contributed by atoms with van der Waals surface area (Å²) in [5.41, 5.74) is 0.644. The van der Waals surface area contributed by atoms with Crippen molar-refractivity contribution in [2.75, 3.05) is 25.0 Å². The fourth-order valence-corrected chi connectivity index (χ4v) is 4.68. The molecular weight excluding hydrogens is 434 g/mol. The first-order valence-corrected chi connectivity index (χ1v) is 11.8. The number of likely N-dealkylation sites (N-methyl/N-ethyl adjacent to an activating group) is 1. The largest absolute Gasteiger partial charge is 0.486 e. The molecule has 0 fully saturated rings. The van der Waals surface area contributed by atoms with Gasteiger partial charge in [0, 0.05) is 16.8 Å². The molecule has 7 nitrogen and oxygen atoms in total. The van der Waals surface area contributed by atoms with Gasteiger partial charge < -0.3 is 19.7 Å². The number of carbonyl (C=O) groups excluding carboxylic acids is 2. The number of ether oxygens (including phenoxy) is 2. The van der Waals surface area contributed by atoms with Gasteiger partial charge in [-0.2, -0.15) is 0 Å². The molecule has 0 aliphatic carbocycles. The molecule has 1 atom stereocenters. The van der Waals surface area contributed by atoms with E-state index in [-0.39, 0.29) is 24.3 Å². The van der Waals surface area contributed by atoms with Crippen molar-refractivity contribution in [1.29, 1.82) is 0 Å². The number of nitrogens with one attached hydrogen (secondary N) is 1. The first-order valence-electron chi connectivity index (χ1n) is 10.0. The summed E-state index contributed by atoms with van der Waals surface area (Å²) in [5.74, 6) is 1.28. The van der Waals surface area contributed by atoms with Gasteiger partial charge in [0.1, 0.15) is 6.61 Å². The quantitative estimate of drug-likeness (QED) is 0.559. The van der Waals surface area contributed by atoms with Crippen molar-refractivity contribution in [3.63, 3.8) is 0 Å². The van der Waals surface area contributed by atoms with Crippen molar-refractivity contribution in [3.05, 3.63) is 57.7 Å². The van der Waals surface area contributed by atoms with Crippen LogP contribution in [-0.4, -0.2) is 47.5 Å². The molecule has 1 aliphatic rings. The van der Waals surface area contributed by atoms with E-state index < -0.39 is 0 Å². The lowest BCUT2D eigenvalue weighted by molar-refractivity contribution is -0.131. The van der Waals surface area contributed by atoms with E-state index in [4.69, 9.17) is 9.47 Å². The van der Waals surface area contributed by atoms with E-state index in [1.807, 2.05) is 54.1 Å². The molecule has 0 saturated carbocycles. The molecular formula is C22H23N3O4S2. The van der Waals surface area contributed by atoms with Crippen LogP contribution in [0.4, 0.5) is 5.13 Å². The van der Waals surface area contributed by atoms with Crippen LogP contribution in [0.25, 0.3) is 0 Å². The predicted molar refractivity (Wildman–Crippen MR) is 121 cm³/mol. The van der Waals surface area contributed by atoms with Gasteiger partial charge in [-0.25, -0.2) is 4.98 Å². The summed E-state index contributed by atoms with van der Waals surface area (Å²) in [6.45, 7) is 3.35. The Morgan fingerprint density at radius 1 is 1.16 bits per heavy atom. The zero-order chi connectivity index (χ0) is 21.6. The lowest BCUT2D eigenvalue weighted by Gasteiger charge is -2.30. The Morgan fingerprint density at radius 3 is 2.77 bits per heavy atom. The molecule has 31 heavy (non-hydrogen) atoms. The normalized spacial score (nSPS) is 14.8. The maximum atomic E-state index is 12.8. The number of thiazole rings is 1. The smallest absolute Gasteiger partial charge is 0.231 e. The van der Waals surface area contributed by atoms with Gasteiger partial charge in [0.05, 0.1) is 25.1 Å². The molecule has 2 amide bonds. The molecule has 0 bridgehead atoms. The van der Waals surface area contributed by atoms with Crippen LogP contribution in [0, 0.1) is 0 Å². The maximum absolute atomic E-state index is 12.8. The maximum Gasteiger partial charge on any atom is 0.231 e. The minimum atomic E-state index is -0.221. The van der Waals surface area contributed by atoms with E-state index in [0.717, 1.165) is 10.6 Å². The minimum Gasteiger partial charge on any atom is -0.486 e. The molecule has 0 radical (unpaired) electrons. The number of hydrogen-bond donors (Lipinski definition) is 1. The Labute approximate surface area is 188 Å². The summed E-state index contributed by atoms with van der Waals surface area (Å²) in [7, 11) is 0. The number of fused-ring (bicyclic) bond motifs is 1. The molecule has 3 heterocycles. The minimum absolute atomic E-state index is 0.0354. The van der Waals surface area contributed by atoms with E-state index in [0.29, 0.717) is 42.7 Å². The van der Waals surface area contributed by atoms with Crippen LogP contribution in [-0.2, 0) is 22.4 Å². The van der Waals surface area contributed by atoms with Crippen LogP contribution in [0.3, 0.4) is 0 Å². The Morgan fingerprint density at radius 2 is 2.00 bits per heavy atom. The van der Waals surface area contributed by atoms with Crippen LogP contribution in [0.1, 0.15) is 17.5 Å². The molecule has 1 aliphatic heterocycles. The lowest BCUT2D eigenvalue weighted by Crippen LogP contribution is -2.44. The van der Waals surface area contributed by atoms with Crippen LogP contribution in [0.5, 0.6) is 11.5 Å².